The summed E-state index contributed by atoms with van der Waals surface area (Å²) in [7, 11) is -3.13. The zero-order chi connectivity index (χ0) is 16.7. The van der Waals surface area contributed by atoms with E-state index in [1.165, 1.54) is 6.20 Å². The molecule has 0 saturated carbocycles. The van der Waals surface area contributed by atoms with E-state index in [0.29, 0.717) is 17.3 Å². The Kier molecular flexibility index (Phi) is 4.59. The molecule has 6 nitrogen and oxygen atoms in total. The number of carbonyl (C=O) groups is 1. The van der Waals surface area contributed by atoms with Gasteiger partial charge in [-0.1, -0.05) is 32.4 Å². The van der Waals surface area contributed by atoms with Crippen LogP contribution in [0.15, 0.2) is 6.20 Å². The molecule has 1 aromatic rings. The van der Waals surface area contributed by atoms with E-state index < -0.39 is 9.84 Å². The lowest BCUT2D eigenvalue weighted by Gasteiger charge is -2.42. The first-order chi connectivity index (χ1) is 10.1. The van der Waals surface area contributed by atoms with Crippen LogP contribution >= 0.6 is 11.6 Å². The van der Waals surface area contributed by atoms with Crippen molar-refractivity contribution in [1.82, 2.24) is 14.7 Å². The average molecular weight is 348 g/mol. The molecular formula is C14H22ClN3O3S. The minimum absolute atomic E-state index is 0.0107. The third kappa shape index (κ3) is 3.30. The van der Waals surface area contributed by atoms with Gasteiger partial charge in [0.1, 0.15) is 5.69 Å². The summed E-state index contributed by atoms with van der Waals surface area (Å²) in [5.41, 5.74) is -0.00937. The molecule has 1 fully saturated rings. The molecule has 124 valence electrons. The molecule has 1 unspecified atom stereocenters. The molecule has 2 rings (SSSR count). The smallest absolute Gasteiger partial charge is 0.274 e. The van der Waals surface area contributed by atoms with Crippen molar-refractivity contribution in [3.8, 4) is 0 Å². The summed E-state index contributed by atoms with van der Waals surface area (Å²) in [6.07, 6.45) is 1.45. The van der Waals surface area contributed by atoms with Crippen molar-refractivity contribution in [3.05, 3.63) is 16.9 Å². The van der Waals surface area contributed by atoms with Crippen molar-refractivity contribution in [3.63, 3.8) is 0 Å². The van der Waals surface area contributed by atoms with E-state index in [1.807, 2.05) is 27.7 Å². The van der Waals surface area contributed by atoms with Crippen LogP contribution in [-0.2, 0) is 16.4 Å². The summed E-state index contributed by atoms with van der Waals surface area (Å²) in [5, 5.41) is 4.38. The molecule has 1 aromatic heterocycles. The van der Waals surface area contributed by atoms with Crippen molar-refractivity contribution >= 4 is 27.3 Å². The summed E-state index contributed by atoms with van der Waals surface area (Å²) < 4.78 is 25.5. The monoisotopic (exact) mass is 347 g/mol. The first kappa shape index (κ1) is 17.3. The Hall–Kier alpha value is -1.08. The molecule has 8 heteroatoms. The Morgan fingerprint density at radius 2 is 2.09 bits per heavy atom. The minimum atomic E-state index is -3.13. The van der Waals surface area contributed by atoms with Gasteiger partial charge in [0, 0.05) is 13.1 Å². The maximum atomic E-state index is 12.9. The summed E-state index contributed by atoms with van der Waals surface area (Å²) in [5.74, 6) is -0.275. The van der Waals surface area contributed by atoms with Gasteiger partial charge in [0.2, 0.25) is 0 Å². The molecule has 0 spiro atoms. The highest BCUT2D eigenvalue weighted by Crippen LogP contribution is 2.31. The molecule has 0 radical (unpaired) electrons. The maximum absolute atomic E-state index is 12.9. The van der Waals surface area contributed by atoms with Crippen LogP contribution in [-0.4, -0.2) is 53.1 Å². The molecule has 22 heavy (non-hydrogen) atoms. The zero-order valence-electron chi connectivity index (χ0n) is 13.3. The molecule has 1 amide bonds. The molecule has 1 atom stereocenters. The van der Waals surface area contributed by atoms with Crippen LogP contribution in [0, 0.1) is 5.41 Å². The maximum Gasteiger partial charge on any atom is 0.274 e. The Bertz CT molecular complexity index is 676. The predicted octanol–water partition coefficient (Wildman–Crippen LogP) is 1.84. The quantitative estimate of drug-likeness (QED) is 0.818. The Morgan fingerprint density at radius 3 is 2.64 bits per heavy atom. The molecule has 0 aromatic carbocycles. The van der Waals surface area contributed by atoms with Gasteiger partial charge < -0.3 is 4.90 Å². The van der Waals surface area contributed by atoms with E-state index in [0.717, 1.165) is 0 Å². The summed E-state index contributed by atoms with van der Waals surface area (Å²) >= 11 is 6.11. The fourth-order valence-electron chi connectivity index (χ4n) is 2.72. The number of nitrogens with zero attached hydrogens (tertiary/aromatic N) is 3. The number of aryl methyl sites for hydroxylation is 1. The summed E-state index contributed by atoms with van der Waals surface area (Å²) in [6, 6.07) is -0.380. The van der Waals surface area contributed by atoms with Crippen molar-refractivity contribution in [2.24, 2.45) is 5.41 Å². The van der Waals surface area contributed by atoms with E-state index >= 15 is 0 Å². The number of hydrogen-bond donors (Lipinski definition) is 0. The number of rotatable bonds is 2. The standard InChI is InChI=1S/C14H22ClN3O3S/c1-5-18-12(10(15)8-16-18)13(19)17-6-7-22(20,21)9-11(17)14(2,3)4/h8,11H,5-7,9H2,1-4H3. The van der Waals surface area contributed by atoms with Gasteiger partial charge in [-0.25, -0.2) is 8.42 Å². The molecular weight excluding hydrogens is 326 g/mol. The van der Waals surface area contributed by atoms with E-state index in [-0.39, 0.29) is 35.4 Å². The average Bonchev–Trinajstić information content (AvgIpc) is 2.77. The van der Waals surface area contributed by atoms with Crippen LogP contribution in [0.3, 0.4) is 0 Å². The third-order valence-corrected chi connectivity index (χ3v) is 5.89. The van der Waals surface area contributed by atoms with Crippen molar-refractivity contribution < 1.29 is 13.2 Å². The number of halogens is 1. The number of sulfone groups is 1. The Labute approximate surface area is 136 Å². The molecule has 1 saturated heterocycles. The van der Waals surface area contributed by atoms with Crippen molar-refractivity contribution in [2.75, 3.05) is 18.1 Å². The first-order valence-corrected chi connectivity index (χ1v) is 9.49. The molecule has 2 heterocycles. The Morgan fingerprint density at radius 1 is 1.45 bits per heavy atom. The molecule has 1 aliphatic rings. The molecule has 0 N–H and O–H groups in total. The lowest BCUT2D eigenvalue weighted by Crippen LogP contribution is -2.56. The van der Waals surface area contributed by atoms with E-state index in [4.69, 9.17) is 11.6 Å². The fraction of sp³-hybridized carbons (Fsp3) is 0.714. The fourth-order valence-corrected chi connectivity index (χ4v) is 4.74. The van der Waals surface area contributed by atoms with Gasteiger partial charge in [-0.05, 0) is 12.3 Å². The van der Waals surface area contributed by atoms with Gasteiger partial charge in [-0.15, -0.1) is 0 Å². The number of amides is 1. The van der Waals surface area contributed by atoms with E-state index in [2.05, 4.69) is 5.10 Å². The Balaban J connectivity index is 2.41. The van der Waals surface area contributed by atoms with Crippen LogP contribution in [0.25, 0.3) is 0 Å². The number of aromatic nitrogens is 2. The van der Waals surface area contributed by atoms with Crippen LogP contribution in [0.5, 0.6) is 0 Å². The SMILES string of the molecule is CCn1ncc(Cl)c1C(=O)N1CCS(=O)(=O)CC1C(C)(C)C. The highest BCUT2D eigenvalue weighted by Gasteiger charge is 2.42. The molecule has 0 bridgehead atoms. The number of carbonyl (C=O) groups excluding carboxylic acids is 1. The van der Waals surface area contributed by atoms with Crippen LogP contribution in [0.1, 0.15) is 38.2 Å². The molecule has 1 aliphatic heterocycles. The van der Waals surface area contributed by atoms with Gasteiger partial charge in [0.25, 0.3) is 5.91 Å². The second kappa shape index (κ2) is 5.85. The van der Waals surface area contributed by atoms with E-state index in [9.17, 15) is 13.2 Å². The summed E-state index contributed by atoms with van der Waals surface area (Å²) in [6.45, 7) is 8.42. The van der Waals surface area contributed by atoms with Crippen LogP contribution in [0.4, 0.5) is 0 Å². The number of hydrogen-bond acceptors (Lipinski definition) is 4. The van der Waals surface area contributed by atoms with Gasteiger partial charge >= 0.3 is 0 Å². The van der Waals surface area contributed by atoms with E-state index in [1.54, 1.807) is 9.58 Å². The zero-order valence-corrected chi connectivity index (χ0v) is 14.9. The second-order valence-electron chi connectivity index (χ2n) is 6.65. The topological polar surface area (TPSA) is 72.3 Å². The predicted molar refractivity (Wildman–Crippen MR) is 85.8 cm³/mol. The van der Waals surface area contributed by atoms with Gasteiger partial charge in [0.05, 0.1) is 28.8 Å². The lowest BCUT2D eigenvalue weighted by molar-refractivity contribution is 0.0550. The van der Waals surface area contributed by atoms with Crippen molar-refractivity contribution in [2.45, 2.75) is 40.3 Å². The molecule has 0 aliphatic carbocycles. The van der Waals surface area contributed by atoms with Gasteiger partial charge in [0.15, 0.2) is 9.84 Å². The second-order valence-corrected chi connectivity index (χ2v) is 9.29. The van der Waals surface area contributed by atoms with Gasteiger partial charge in [-0.2, -0.15) is 5.10 Å². The summed E-state index contributed by atoms with van der Waals surface area (Å²) in [4.78, 5) is 14.6. The van der Waals surface area contributed by atoms with Crippen molar-refractivity contribution in [1.29, 1.82) is 0 Å². The minimum Gasteiger partial charge on any atom is -0.332 e. The van der Waals surface area contributed by atoms with Crippen LogP contribution < -0.4 is 0 Å². The lowest BCUT2D eigenvalue weighted by atomic mass is 9.86. The first-order valence-electron chi connectivity index (χ1n) is 7.29. The van der Waals surface area contributed by atoms with Crippen LogP contribution in [0.2, 0.25) is 5.02 Å². The normalized spacial score (nSPS) is 21.9. The van der Waals surface area contributed by atoms with Gasteiger partial charge in [-0.3, -0.25) is 9.48 Å². The highest BCUT2D eigenvalue weighted by atomic mass is 35.5. The largest absolute Gasteiger partial charge is 0.332 e. The highest BCUT2D eigenvalue weighted by molar-refractivity contribution is 7.91. The third-order valence-electron chi connectivity index (χ3n) is 3.99.